The minimum absolute atomic E-state index is 0.0499. The van der Waals surface area contributed by atoms with E-state index in [-0.39, 0.29) is 30.9 Å². The molecule has 40 heavy (non-hydrogen) atoms. The van der Waals surface area contributed by atoms with Crippen molar-refractivity contribution in [2.24, 2.45) is 0 Å². The molecule has 2 heterocycles. The molecule has 0 bridgehead atoms. The van der Waals surface area contributed by atoms with Gasteiger partial charge in [0.15, 0.2) is 11.3 Å². The number of anilines is 1. The van der Waals surface area contributed by atoms with E-state index in [0.717, 1.165) is 0 Å². The molecule has 0 fully saturated rings. The van der Waals surface area contributed by atoms with Crippen LogP contribution in [0.3, 0.4) is 0 Å². The van der Waals surface area contributed by atoms with Gasteiger partial charge in [0.2, 0.25) is 5.54 Å². The van der Waals surface area contributed by atoms with Gasteiger partial charge in [-0.1, -0.05) is 60.7 Å². The van der Waals surface area contributed by atoms with E-state index in [4.69, 9.17) is 9.47 Å². The quantitative estimate of drug-likeness (QED) is 0.262. The molecule has 0 aromatic heterocycles. The number of ketones is 1. The van der Waals surface area contributed by atoms with Crippen LogP contribution in [-0.4, -0.2) is 42.4 Å². The van der Waals surface area contributed by atoms with Crippen LogP contribution in [0.4, 0.5) is 10.1 Å². The summed E-state index contributed by atoms with van der Waals surface area (Å²) in [7, 11) is 0. The van der Waals surface area contributed by atoms with E-state index >= 15 is 0 Å². The second-order valence-corrected chi connectivity index (χ2v) is 9.41. The van der Waals surface area contributed by atoms with Gasteiger partial charge in [-0.3, -0.25) is 14.9 Å². The van der Waals surface area contributed by atoms with Crippen molar-refractivity contribution < 1.29 is 33.0 Å². The summed E-state index contributed by atoms with van der Waals surface area (Å²) >= 11 is 0. The number of nitrogens with zero attached hydrogens (tertiary/aromatic N) is 1. The van der Waals surface area contributed by atoms with Gasteiger partial charge in [-0.05, 0) is 43.7 Å². The van der Waals surface area contributed by atoms with Crippen LogP contribution < -0.4 is 10.2 Å². The second-order valence-electron chi connectivity index (χ2n) is 9.41. The number of fused-ring (bicyclic) bond motifs is 2. The summed E-state index contributed by atoms with van der Waals surface area (Å²) in [5.74, 6) is -3.53. The zero-order chi connectivity index (χ0) is 28.5. The molecule has 1 atom stereocenters. The normalized spacial score (nSPS) is 18.8. The largest absolute Gasteiger partial charge is 0.464 e. The standard InChI is InChI=1S/C31H27FN2O6/c1-3-39-28(37)30(29(38)40-4-2)18-24(26(35)21-10-6-5-7-11-21)31(33-30)23-12-8-9-13-25(23)34(27(31)36)19-20-14-16-22(32)17-15-20/h5-18,33H,3-4,19H2,1-2H3/t31-/m0/s1. The monoisotopic (exact) mass is 542 g/mol. The number of nitrogens with one attached hydrogen (secondary N) is 1. The molecule has 0 unspecified atom stereocenters. The topological polar surface area (TPSA) is 102 Å². The maximum absolute atomic E-state index is 14.5. The van der Waals surface area contributed by atoms with Crippen LogP contribution in [-0.2, 0) is 35.9 Å². The molecular formula is C31H27FN2O6. The summed E-state index contributed by atoms with van der Waals surface area (Å²) in [5, 5.41) is 2.97. The molecule has 1 N–H and O–H groups in total. The molecule has 1 amide bonds. The second kappa shape index (κ2) is 10.5. The number of para-hydroxylation sites is 1. The number of hydrogen-bond acceptors (Lipinski definition) is 7. The maximum Gasteiger partial charge on any atom is 0.342 e. The minimum Gasteiger partial charge on any atom is -0.464 e. The molecule has 0 aliphatic carbocycles. The van der Waals surface area contributed by atoms with E-state index in [2.05, 4.69) is 5.32 Å². The Balaban J connectivity index is 1.73. The molecule has 5 rings (SSSR count). The Morgan fingerprint density at radius 3 is 2.08 bits per heavy atom. The summed E-state index contributed by atoms with van der Waals surface area (Å²) in [5.41, 5.74) is -2.52. The number of halogens is 1. The van der Waals surface area contributed by atoms with Crippen LogP contribution in [0.25, 0.3) is 0 Å². The third-order valence-electron chi connectivity index (χ3n) is 7.04. The van der Waals surface area contributed by atoms with Crippen molar-refractivity contribution >= 4 is 29.3 Å². The van der Waals surface area contributed by atoms with Crippen molar-refractivity contribution in [3.8, 4) is 0 Å². The zero-order valence-corrected chi connectivity index (χ0v) is 22.0. The predicted octanol–water partition coefficient (Wildman–Crippen LogP) is 3.85. The molecule has 2 aliphatic heterocycles. The first-order chi connectivity index (χ1) is 19.3. The number of hydrogen-bond donors (Lipinski definition) is 1. The van der Waals surface area contributed by atoms with E-state index in [9.17, 15) is 23.6 Å². The Morgan fingerprint density at radius 2 is 1.45 bits per heavy atom. The van der Waals surface area contributed by atoms with Crippen molar-refractivity contribution in [2.75, 3.05) is 18.1 Å². The van der Waals surface area contributed by atoms with Crippen LogP contribution in [0.2, 0.25) is 0 Å². The van der Waals surface area contributed by atoms with Gasteiger partial charge >= 0.3 is 11.9 Å². The highest BCUT2D eigenvalue weighted by atomic mass is 19.1. The molecule has 1 spiro atoms. The molecule has 9 heteroatoms. The SMILES string of the molecule is CCOC(=O)C1(C(=O)OCC)C=C(C(=O)c2ccccc2)[C@]2(N1)C(=O)N(Cc1ccc(F)cc1)c1ccccc12. The van der Waals surface area contributed by atoms with Crippen LogP contribution in [0, 0.1) is 5.82 Å². The maximum atomic E-state index is 14.5. The number of esters is 2. The van der Waals surface area contributed by atoms with Gasteiger partial charge < -0.3 is 14.4 Å². The lowest BCUT2D eigenvalue weighted by molar-refractivity contribution is -0.163. The summed E-state index contributed by atoms with van der Waals surface area (Å²) in [6, 6.07) is 20.8. The predicted molar refractivity (Wildman–Crippen MR) is 144 cm³/mol. The van der Waals surface area contributed by atoms with E-state index in [1.807, 2.05) is 0 Å². The molecule has 0 saturated carbocycles. The Bertz CT molecular complexity index is 1500. The van der Waals surface area contributed by atoms with E-state index in [1.54, 1.807) is 80.6 Å². The summed E-state index contributed by atoms with van der Waals surface area (Å²) in [6.07, 6.45) is 1.17. The van der Waals surface area contributed by atoms with Gasteiger partial charge in [-0.2, -0.15) is 0 Å². The number of amides is 1. The van der Waals surface area contributed by atoms with E-state index in [0.29, 0.717) is 16.8 Å². The molecular weight excluding hydrogens is 515 g/mol. The molecule has 2 aliphatic rings. The van der Waals surface area contributed by atoms with E-state index < -0.39 is 40.5 Å². The fourth-order valence-electron chi connectivity index (χ4n) is 5.26. The Kier molecular flexibility index (Phi) is 7.08. The number of benzene rings is 3. The third kappa shape index (κ3) is 4.19. The van der Waals surface area contributed by atoms with Crippen LogP contribution in [0.5, 0.6) is 0 Å². The number of carbonyl (C=O) groups is 4. The molecule has 3 aromatic rings. The summed E-state index contributed by atoms with van der Waals surface area (Å²) < 4.78 is 24.1. The van der Waals surface area contributed by atoms with Gasteiger partial charge in [0, 0.05) is 16.7 Å². The van der Waals surface area contributed by atoms with Crippen molar-refractivity contribution in [2.45, 2.75) is 31.5 Å². The van der Waals surface area contributed by atoms with Gasteiger partial charge in [0.25, 0.3) is 5.91 Å². The lowest BCUT2D eigenvalue weighted by Gasteiger charge is -2.32. The highest BCUT2D eigenvalue weighted by Crippen LogP contribution is 2.51. The third-order valence-corrected chi connectivity index (χ3v) is 7.04. The average Bonchev–Trinajstić information content (AvgIpc) is 3.45. The Labute approximate surface area is 230 Å². The average molecular weight is 543 g/mol. The molecule has 8 nitrogen and oxygen atoms in total. The lowest BCUT2D eigenvalue weighted by Crippen LogP contribution is -2.63. The fraction of sp³-hybridized carbons (Fsp3) is 0.226. The van der Waals surface area contributed by atoms with Gasteiger partial charge in [0.05, 0.1) is 25.4 Å². The smallest absolute Gasteiger partial charge is 0.342 e. The Hall–Kier alpha value is -4.63. The van der Waals surface area contributed by atoms with Crippen molar-refractivity contribution in [1.82, 2.24) is 5.32 Å². The molecule has 204 valence electrons. The first-order valence-corrected chi connectivity index (χ1v) is 12.9. The van der Waals surface area contributed by atoms with Gasteiger partial charge in [0.1, 0.15) is 5.82 Å². The number of Topliss-reactive ketones (excluding diaryl/α,β-unsaturated/α-hetero) is 1. The van der Waals surface area contributed by atoms with E-state index in [1.165, 1.54) is 23.1 Å². The minimum atomic E-state index is -2.26. The first kappa shape index (κ1) is 27.0. The summed E-state index contributed by atoms with van der Waals surface area (Å²) in [4.78, 5) is 57.0. The zero-order valence-electron chi connectivity index (χ0n) is 22.0. The van der Waals surface area contributed by atoms with Gasteiger partial charge in [-0.25, -0.2) is 14.0 Å². The first-order valence-electron chi connectivity index (χ1n) is 12.9. The highest BCUT2D eigenvalue weighted by molar-refractivity contribution is 6.24. The summed E-state index contributed by atoms with van der Waals surface area (Å²) in [6.45, 7) is 3.12. The highest BCUT2D eigenvalue weighted by Gasteiger charge is 2.67. The van der Waals surface area contributed by atoms with Crippen LogP contribution in [0.1, 0.15) is 35.3 Å². The lowest BCUT2D eigenvalue weighted by atomic mass is 9.81. The number of ether oxygens (including phenoxy) is 2. The van der Waals surface area contributed by atoms with Crippen molar-refractivity contribution in [1.29, 1.82) is 0 Å². The Morgan fingerprint density at radius 1 is 0.850 bits per heavy atom. The van der Waals surface area contributed by atoms with Crippen LogP contribution in [0.15, 0.2) is 90.5 Å². The fourth-order valence-corrected chi connectivity index (χ4v) is 5.26. The van der Waals surface area contributed by atoms with Gasteiger partial charge in [-0.15, -0.1) is 0 Å². The number of carbonyl (C=O) groups excluding carboxylic acids is 4. The molecule has 0 radical (unpaired) electrons. The molecule has 0 saturated heterocycles. The molecule has 3 aromatic carbocycles. The van der Waals surface area contributed by atoms with Crippen LogP contribution >= 0.6 is 0 Å². The van der Waals surface area contributed by atoms with Crippen molar-refractivity contribution in [3.05, 3.63) is 113 Å². The van der Waals surface area contributed by atoms with Crippen molar-refractivity contribution in [3.63, 3.8) is 0 Å². The number of rotatable bonds is 8.